The van der Waals surface area contributed by atoms with Crippen molar-refractivity contribution in [2.24, 2.45) is 0 Å². The minimum Gasteiger partial charge on any atom is -0.465 e. The molecule has 0 aliphatic heterocycles. The second-order valence-corrected chi connectivity index (χ2v) is 2.69. The zero-order valence-electron chi connectivity index (χ0n) is 6.13. The van der Waals surface area contributed by atoms with Gasteiger partial charge in [0, 0.05) is 5.75 Å². The molecule has 0 saturated heterocycles. The predicted octanol–water partition coefficient (Wildman–Crippen LogP) is 1.47. The summed E-state index contributed by atoms with van der Waals surface area (Å²) in [5, 5.41) is 0. The van der Waals surface area contributed by atoms with E-state index < -0.39 is 0 Å². The molecule has 0 N–H and O–H groups in total. The van der Waals surface area contributed by atoms with Crippen LogP contribution in [-0.4, -0.2) is 24.6 Å². The van der Waals surface area contributed by atoms with Crippen LogP contribution in [0.15, 0.2) is 12.7 Å². The lowest BCUT2D eigenvalue weighted by atomic mass is 10.4. The Morgan fingerprint density at radius 2 is 2.50 bits per heavy atom. The number of carbonyl (C=O) groups excluding carboxylic acids is 1. The summed E-state index contributed by atoms with van der Waals surface area (Å²) < 4.78 is 4.79. The highest BCUT2D eigenvalue weighted by Gasteiger charge is 1.96. The van der Waals surface area contributed by atoms with Crippen LogP contribution in [-0.2, 0) is 9.53 Å². The molecular formula is C7H12O2S. The SMILES string of the molecule is C=CCC(=O)OCCSC. The fourth-order valence-electron chi connectivity index (χ4n) is 0.416. The molecule has 0 saturated carbocycles. The minimum atomic E-state index is -0.191. The summed E-state index contributed by atoms with van der Waals surface area (Å²) >= 11 is 1.66. The summed E-state index contributed by atoms with van der Waals surface area (Å²) in [5.74, 6) is 0.673. The molecule has 58 valence electrons. The standard InChI is InChI=1S/C7H12O2S/c1-3-4-7(8)9-5-6-10-2/h3H,1,4-6H2,2H3. The summed E-state index contributed by atoms with van der Waals surface area (Å²) in [4.78, 5) is 10.6. The highest BCUT2D eigenvalue weighted by molar-refractivity contribution is 7.98. The highest BCUT2D eigenvalue weighted by atomic mass is 32.2. The first-order chi connectivity index (χ1) is 4.81. The summed E-state index contributed by atoms with van der Waals surface area (Å²) in [6, 6.07) is 0. The van der Waals surface area contributed by atoms with Crippen LogP contribution in [0.25, 0.3) is 0 Å². The first-order valence-electron chi connectivity index (χ1n) is 3.06. The lowest BCUT2D eigenvalue weighted by molar-refractivity contribution is -0.141. The summed E-state index contributed by atoms with van der Waals surface area (Å²) in [5.41, 5.74) is 0. The largest absolute Gasteiger partial charge is 0.465 e. The van der Waals surface area contributed by atoms with Gasteiger partial charge in [0.1, 0.15) is 6.61 Å². The van der Waals surface area contributed by atoms with E-state index in [1.54, 1.807) is 17.8 Å². The van der Waals surface area contributed by atoms with Gasteiger partial charge in [-0.3, -0.25) is 4.79 Å². The van der Waals surface area contributed by atoms with Gasteiger partial charge in [-0.05, 0) is 6.26 Å². The third-order valence-corrected chi connectivity index (χ3v) is 1.44. The second kappa shape index (κ2) is 6.68. The second-order valence-electron chi connectivity index (χ2n) is 1.71. The van der Waals surface area contributed by atoms with Crippen LogP contribution in [0, 0.1) is 0 Å². The molecule has 10 heavy (non-hydrogen) atoms. The van der Waals surface area contributed by atoms with E-state index in [-0.39, 0.29) is 5.97 Å². The quantitative estimate of drug-likeness (QED) is 0.346. The normalized spacial score (nSPS) is 8.90. The molecule has 0 aromatic heterocycles. The van der Waals surface area contributed by atoms with Crippen molar-refractivity contribution in [1.82, 2.24) is 0 Å². The van der Waals surface area contributed by atoms with Crippen LogP contribution in [0.4, 0.5) is 0 Å². The maximum absolute atomic E-state index is 10.6. The van der Waals surface area contributed by atoms with E-state index in [0.29, 0.717) is 13.0 Å². The molecule has 0 atom stereocenters. The number of ether oxygens (including phenoxy) is 1. The monoisotopic (exact) mass is 160 g/mol. The Balaban J connectivity index is 3.13. The minimum absolute atomic E-state index is 0.191. The first-order valence-corrected chi connectivity index (χ1v) is 4.46. The van der Waals surface area contributed by atoms with Crippen LogP contribution in [0.5, 0.6) is 0 Å². The van der Waals surface area contributed by atoms with Gasteiger partial charge in [-0.2, -0.15) is 11.8 Å². The topological polar surface area (TPSA) is 26.3 Å². The van der Waals surface area contributed by atoms with Crippen LogP contribution < -0.4 is 0 Å². The summed E-state index contributed by atoms with van der Waals surface area (Å²) in [6.07, 6.45) is 3.83. The third-order valence-electron chi connectivity index (χ3n) is 0.862. The van der Waals surface area contributed by atoms with Gasteiger partial charge >= 0.3 is 5.97 Å². The lowest BCUT2D eigenvalue weighted by Crippen LogP contribution is -2.05. The van der Waals surface area contributed by atoms with Gasteiger partial charge in [0.15, 0.2) is 0 Å². The Bertz CT molecular complexity index is 112. The van der Waals surface area contributed by atoms with Crippen molar-refractivity contribution < 1.29 is 9.53 Å². The Morgan fingerprint density at radius 1 is 1.80 bits per heavy atom. The van der Waals surface area contributed by atoms with E-state index in [4.69, 9.17) is 4.74 Å². The zero-order chi connectivity index (χ0) is 7.82. The molecule has 0 bridgehead atoms. The molecule has 3 heteroatoms. The molecule has 0 radical (unpaired) electrons. The van der Waals surface area contributed by atoms with Crippen molar-refractivity contribution >= 4 is 17.7 Å². The van der Waals surface area contributed by atoms with Crippen molar-refractivity contribution in [3.05, 3.63) is 12.7 Å². The Morgan fingerprint density at radius 3 is 3.00 bits per heavy atom. The zero-order valence-corrected chi connectivity index (χ0v) is 6.95. The number of hydrogen-bond acceptors (Lipinski definition) is 3. The van der Waals surface area contributed by atoms with E-state index in [1.807, 2.05) is 6.26 Å². The molecule has 0 spiro atoms. The average molecular weight is 160 g/mol. The van der Waals surface area contributed by atoms with Crippen molar-refractivity contribution in [2.75, 3.05) is 18.6 Å². The Kier molecular flexibility index (Phi) is 6.38. The molecule has 0 amide bonds. The van der Waals surface area contributed by atoms with Gasteiger partial charge in [-0.1, -0.05) is 6.08 Å². The summed E-state index contributed by atoms with van der Waals surface area (Å²) in [6.45, 7) is 3.93. The molecule has 0 aliphatic carbocycles. The third kappa shape index (κ3) is 5.69. The van der Waals surface area contributed by atoms with E-state index in [2.05, 4.69) is 6.58 Å². The number of esters is 1. The number of thioether (sulfide) groups is 1. The maximum Gasteiger partial charge on any atom is 0.309 e. The van der Waals surface area contributed by atoms with Gasteiger partial charge in [0.05, 0.1) is 6.42 Å². The highest BCUT2D eigenvalue weighted by Crippen LogP contribution is 1.92. The van der Waals surface area contributed by atoms with E-state index in [1.165, 1.54) is 0 Å². The van der Waals surface area contributed by atoms with Gasteiger partial charge in [0.2, 0.25) is 0 Å². The average Bonchev–Trinajstić information content (AvgIpc) is 1.89. The van der Waals surface area contributed by atoms with Crippen molar-refractivity contribution in [3.63, 3.8) is 0 Å². The van der Waals surface area contributed by atoms with Gasteiger partial charge < -0.3 is 4.74 Å². The molecule has 0 heterocycles. The van der Waals surface area contributed by atoms with E-state index >= 15 is 0 Å². The molecule has 0 aromatic carbocycles. The number of rotatable bonds is 5. The van der Waals surface area contributed by atoms with Crippen LogP contribution >= 0.6 is 11.8 Å². The van der Waals surface area contributed by atoms with E-state index in [0.717, 1.165) is 5.75 Å². The van der Waals surface area contributed by atoms with Crippen LogP contribution in [0.1, 0.15) is 6.42 Å². The van der Waals surface area contributed by atoms with Crippen molar-refractivity contribution in [2.45, 2.75) is 6.42 Å². The molecule has 0 aliphatic rings. The first kappa shape index (κ1) is 9.56. The Labute approximate surface area is 65.6 Å². The summed E-state index contributed by atoms with van der Waals surface area (Å²) in [7, 11) is 0. The number of hydrogen-bond donors (Lipinski definition) is 0. The van der Waals surface area contributed by atoms with Gasteiger partial charge in [0.25, 0.3) is 0 Å². The lowest BCUT2D eigenvalue weighted by Gasteiger charge is -1.99. The fourth-order valence-corrected chi connectivity index (χ4v) is 0.666. The molecule has 0 aromatic rings. The van der Waals surface area contributed by atoms with E-state index in [9.17, 15) is 4.79 Å². The molecule has 2 nitrogen and oxygen atoms in total. The van der Waals surface area contributed by atoms with Crippen LogP contribution in [0.2, 0.25) is 0 Å². The predicted molar refractivity (Wildman–Crippen MR) is 44.2 cm³/mol. The van der Waals surface area contributed by atoms with Gasteiger partial charge in [-0.25, -0.2) is 0 Å². The van der Waals surface area contributed by atoms with Crippen molar-refractivity contribution in [3.8, 4) is 0 Å². The maximum atomic E-state index is 10.6. The molecule has 0 unspecified atom stereocenters. The number of carbonyl (C=O) groups is 1. The Hall–Kier alpha value is -0.440. The molecule has 0 rings (SSSR count). The fraction of sp³-hybridized carbons (Fsp3) is 0.571. The molecular weight excluding hydrogens is 148 g/mol. The van der Waals surface area contributed by atoms with Crippen LogP contribution in [0.3, 0.4) is 0 Å². The molecule has 0 fully saturated rings. The smallest absolute Gasteiger partial charge is 0.309 e. The van der Waals surface area contributed by atoms with Gasteiger partial charge in [-0.15, -0.1) is 6.58 Å². The van der Waals surface area contributed by atoms with Crippen molar-refractivity contribution in [1.29, 1.82) is 0 Å².